The molecule has 0 bridgehead atoms. The van der Waals surface area contributed by atoms with Crippen LogP contribution in [0.25, 0.3) is 0 Å². The molecule has 0 aliphatic heterocycles. The van der Waals surface area contributed by atoms with Crippen LogP contribution in [0.5, 0.6) is 0 Å². The van der Waals surface area contributed by atoms with Crippen LogP contribution < -0.4 is 0 Å². The second-order valence-electron chi connectivity index (χ2n) is 1.99. The van der Waals surface area contributed by atoms with Gasteiger partial charge in [0.1, 0.15) is 0 Å². The van der Waals surface area contributed by atoms with Gasteiger partial charge in [-0.25, -0.2) is 0 Å². The molecule has 0 aromatic carbocycles. The molecule has 0 unspecified atom stereocenters. The highest BCUT2D eigenvalue weighted by Gasteiger charge is 2.18. The van der Waals surface area contributed by atoms with Gasteiger partial charge < -0.3 is 9.05 Å². The lowest BCUT2D eigenvalue weighted by Gasteiger charge is -2.10. The van der Waals surface area contributed by atoms with Crippen LogP contribution in [0.15, 0.2) is 10.1 Å². The second-order valence-corrected chi connectivity index (χ2v) is 6.47. The molecule has 0 aliphatic carbocycles. The molecule has 13 heavy (non-hydrogen) atoms. The van der Waals surface area contributed by atoms with Crippen molar-refractivity contribution in [2.75, 3.05) is 26.2 Å². The SMILES string of the molecule is CCS/C(=C/P(=O)(OC)OC)SC. The zero-order valence-electron chi connectivity index (χ0n) is 8.27. The largest absolute Gasteiger partial charge is 0.355 e. The fraction of sp³-hybridized carbons (Fsp3) is 0.714. The van der Waals surface area contributed by atoms with E-state index in [1.54, 1.807) is 29.3 Å². The molecule has 3 nitrogen and oxygen atoms in total. The van der Waals surface area contributed by atoms with E-state index in [9.17, 15) is 4.57 Å². The minimum absolute atomic E-state index is 0.945. The molecule has 0 atom stereocenters. The molecule has 0 N–H and O–H groups in total. The van der Waals surface area contributed by atoms with E-state index in [0.717, 1.165) is 9.99 Å². The van der Waals surface area contributed by atoms with Gasteiger partial charge in [0.2, 0.25) is 0 Å². The van der Waals surface area contributed by atoms with Gasteiger partial charge in [0.15, 0.2) is 0 Å². The minimum atomic E-state index is -2.99. The maximum atomic E-state index is 11.6. The van der Waals surface area contributed by atoms with E-state index in [1.807, 2.05) is 13.2 Å². The monoisotopic (exact) mass is 242 g/mol. The molecule has 0 heterocycles. The number of thioether (sulfide) groups is 2. The van der Waals surface area contributed by atoms with E-state index < -0.39 is 7.60 Å². The Bertz CT molecular complexity index is 210. The van der Waals surface area contributed by atoms with Gasteiger partial charge in [-0.2, -0.15) is 0 Å². The third-order valence-corrected chi connectivity index (χ3v) is 5.27. The molecule has 0 aliphatic rings. The smallest absolute Gasteiger partial charge is 0.309 e. The summed E-state index contributed by atoms with van der Waals surface area (Å²) in [5.74, 6) is 2.51. The van der Waals surface area contributed by atoms with Crippen LogP contribution in [0, 0.1) is 0 Å². The molecule has 0 amide bonds. The standard InChI is InChI=1S/C7H15O3PS2/c1-5-13-7(12-4)6-11(8,9-2)10-3/h6H,5H2,1-4H3/b7-6+. The highest BCUT2D eigenvalue weighted by atomic mass is 32.2. The summed E-state index contributed by atoms with van der Waals surface area (Å²) >= 11 is 3.17. The predicted octanol–water partition coefficient (Wildman–Crippen LogP) is 3.39. The van der Waals surface area contributed by atoms with Crippen molar-refractivity contribution in [1.82, 2.24) is 0 Å². The molecule has 0 spiro atoms. The Kier molecular flexibility index (Phi) is 7.27. The Balaban J connectivity index is 4.54. The minimum Gasteiger partial charge on any atom is -0.309 e. The first-order valence-electron chi connectivity index (χ1n) is 3.72. The van der Waals surface area contributed by atoms with Crippen LogP contribution in [0.3, 0.4) is 0 Å². The Morgan fingerprint density at radius 3 is 2.31 bits per heavy atom. The molecule has 0 fully saturated rings. The fourth-order valence-electron chi connectivity index (χ4n) is 0.600. The summed E-state index contributed by atoms with van der Waals surface area (Å²) in [4.78, 5) is 0. The number of hydrogen-bond donors (Lipinski definition) is 0. The first kappa shape index (κ1) is 13.6. The number of hydrogen-bond acceptors (Lipinski definition) is 5. The van der Waals surface area contributed by atoms with Gasteiger partial charge in [-0.15, -0.1) is 23.5 Å². The van der Waals surface area contributed by atoms with Crippen molar-refractivity contribution in [3.05, 3.63) is 10.1 Å². The first-order valence-corrected chi connectivity index (χ1v) is 7.55. The zero-order valence-corrected chi connectivity index (χ0v) is 10.8. The molecular weight excluding hydrogens is 227 g/mol. The van der Waals surface area contributed by atoms with Crippen molar-refractivity contribution in [2.45, 2.75) is 6.92 Å². The van der Waals surface area contributed by atoms with Crippen molar-refractivity contribution in [3.63, 3.8) is 0 Å². The molecular formula is C7H15O3PS2. The third kappa shape index (κ3) is 5.13. The normalized spacial score (nSPS) is 13.4. The molecule has 0 aromatic rings. The second kappa shape index (κ2) is 6.96. The number of rotatable bonds is 6. The zero-order chi connectivity index (χ0) is 10.3. The van der Waals surface area contributed by atoms with Crippen molar-refractivity contribution in [2.24, 2.45) is 0 Å². The molecule has 6 heteroatoms. The van der Waals surface area contributed by atoms with Crippen LogP contribution in [0.1, 0.15) is 6.92 Å². The van der Waals surface area contributed by atoms with Gasteiger partial charge >= 0.3 is 7.60 Å². The van der Waals surface area contributed by atoms with Crippen molar-refractivity contribution in [1.29, 1.82) is 0 Å². The van der Waals surface area contributed by atoms with Crippen LogP contribution in [0.4, 0.5) is 0 Å². The van der Waals surface area contributed by atoms with Crippen LogP contribution in [0.2, 0.25) is 0 Å². The van der Waals surface area contributed by atoms with E-state index in [0.29, 0.717) is 0 Å². The van der Waals surface area contributed by atoms with Gasteiger partial charge in [-0.05, 0) is 12.0 Å². The van der Waals surface area contributed by atoms with Gasteiger partial charge in [0, 0.05) is 24.3 Å². The molecule has 0 saturated heterocycles. The molecule has 0 saturated carbocycles. The molecule has 0 radical (unpaired) electrons. The highest BCUT2D eigenvalue weighted by Crippen LogP contribution is 2.51. The summed E-state index contributed by atoms with van der Waals surface area (Å²) in [6.45, 7) is 2.04. The van der Waals surface area contributed by atoms with E-state index in [4.69, 9.17) is 9.05 Å². The van der Waals surface area contributed by atoms with Crippen molar-refractivity contribution in [3.8, 4) is 0 Å². The molecule has 0 aromatic heterocycles. The van der Waals surface area contributed by atoms with E-state index in [1.165, 1.54) is 14.2 Å². The quantitative estimate of drug-likeness (QED) is 0.667. The Labute approximate surface area is 88.2 Å². The summed E-state index contributed by atoms with van der Waals surface area (Å²) in [5, 5.41) is 0. The Morgan fingerprint density at radius 1 is 1.46 bits per heavy atom. The average molecular weight is 242 g/mol. The van der Waals surface area contributed by atoms with E-state index in [-0.39, 0.29) is 0 Å². The lowest BCUT2D eigenvalue weighted by atomic mass is 11.0. The van der Waals surface area contributed by atoms with E-state index in [2.05, 4.69) is 0 Å². The topological polar surface area (TPSA) is 35.5 Å². The lowest BCUT2D eigenvalue weighted by molar-refractivity contribution is 0.286. The Hall–Kier alpha value is 0.590. The van der Waals surface area contributed by atoms with Gasteiger partial charge in [0.25, 0.3) is 0 Å². The van der Waals surface area contributed by atoms with Crippen LogP contribution >= 0.6 is 31.1 Å². The van der Waals surface area contributed by atoms with Crippen LogP contribution in [-0.4, -0.2) is 26.2 Å². The predicted molar refractivity (Wildman–Crippen MR) is 61.4 cm³/mol. The molecule has 0 rings (SSSR count). The summed E-state index contributed by atoms with van der Waals surface area (Å²) in [6, 6.07) is 0. The van der Waals surface area contributed by atoms with Crippen molar-refractivity contribution >= 4 is 31.1 Å². The highest BCUT2D eigenvalue weighted by molar-refractivity contribution is 8.22. The lowest BCUT2D eigenvalue weighted by Crippen LogP contribution is -1.84. The van der Waals surface area contributed by atoms with Gasteiger partial charge in [-0.3, -0.25) is 4.57 Å². The summed E-state index contributed by atoms with van der Waals surface area (Å²) in [7, 11) is -0.219. The van der Waals surface area contributed by atoms with E-state index >= 15 is 0 Å². The van der Waals surface area contributed by atoms with Gasteiger partial charge in [-0.1, -0.05) is 6.92 Å². The maximum Gasteiger partial charge on any atom is 0.355 e. The Morgan fingerprint density at radius 2 is 2.00 bits per heavy atom. The fourth-order valence-corrected chi connectivity index (χ4v) is 3.82. The van der Waals surface area contributed by atoms with Gasteiger partial charge in [0.05, 0.1) is 0 Å². The molecule has 78 valence electrons. The van der Waals surface area contributed by atoms with Crippen molar-refractivity contribution < 1.29 is 13.6 Å². The van der Waals surface area contributed by atoms with Crippen LogP contribution in [-0.2, 0) is 13.6 Å². The maximum absolute atomic E-state index is 11.6. The summed E-state index contributed by atoms with van der Waals surface area (Å²) < 4.78 is 22.2. The third-order valence-electron chi connectivity index (χ3n) is 1.26. The average Bonchev–Trinajstić information content (AvgIpc) is 2.17. The first-order chi connectivity index (χ1) is 6.11. The summed E-state index contributed by atoms with van der Waals surface area (Å²) in [5.41, 5.74) is 0. The summed E-state index contributed by atoms with van der Waals surface area (Å²) in [6.07, 6.45) is 1.93.